The summed E-state index contributed by atoms with van der Waals surface area (Å²) in [5.41, 5.74) is 5.21. The van der Waals surface area contributed by atoms with E-state index in [9.17, 15) is 4.79 Å². The number of nitrogens with zero attached hydrogens (tertiary/aromatic N) is 7. The molecule has 1 aliphatic heterocycles. The van der Waals surface area contributed by atoms with Crippen LogP contribution in [0.5, 0.6) is 0 Å². The van der Waals surface area contributed by atoms with E-state index in [0.717, 1.165) is 55.7 Å². The van der Waals surface area contributed by atoms with E-state index >= 15 is 0 Å². The summed E-state index contributed by atoms with van der Waals surface area (Å²) in [6.07, 6.45) is 2.48. The van der Waals surface area contributed by atoms with Crippen LogP contribution in [0.15, 0.2) is 53.5 Å². The quantitative estimate of drug-likeness (QED) is 0.408. The standard InChI is InChI=1S/C27H30N8O/c1-4-11-34-23-8-6-5-7-20(23)25-30-24-21(26(36)35(25)34)17-28-27(31-24)29-19-9-10-22(18(2)16-19)33-14-12-32(3)13-15-33/h5-10,16-17H,4,11-15H2,1-3H3,(H,28,29,31). The Morgan fingerprint density at radius 1 is 1.00 bits per heavy atom. The Kier molecular flexibility index (Phi) is 5.56. The molecule has 0 unspecified atom stereocenters. The molecule has 0 amide bonds. The average Bonchev–Trinajstić information content (AvgIpc) is 3.19. The molecule has 1 fully saturated rings. The molecule has 1 aliphatic rings. The number of nitrogens with one attached hydrogen (secondary N) is 1. The third-order valence-electron chi connectivity index (χ3n) is 7.00. The number of benzene rings is 2. The maximum Gasteiger partial charge on any atom is 0.283 e. The van der Waals surface area contributed by atoms with Gasteiger partial charge in [-0.1, -0.05) is 19.1 Å². The second kappa shape index (κ2) is 8.91. The molecule has 0 aliphatic carbocycles. The highest BCUT2D eigenvalue weighted by Crippen LogP contribution is 2.26. The highest BCUT2D eigenvalue weighted by Gasteiger charge is 2.18. The van der Waals surface area contributed by atoms with Gasteiger partial charge in [-0.05, 0) is 56.3 Å². The van der Waals surface area contributed by atoms with Crippen molar-refractivity contribution in [3.8, 4) is 0 Å². The Morgan fingerprint density at radius 2 is 1.81 bits per heavy atom. The van der Waals surface area contributed by atoms with E-state index in [4.69, 9.17) is 4.98 Å². The van der Waals surface area contributed by atoms with E-state index in [1.165, 1.54) is 11.3 Å². The minimum Gasteiger partial charge on any atom is -0.369 e. The predicted octanol–water partition coefficient (Wildman–Crippen LogP) is 3.81. The van der Waals surface area contributed by atoms with Crippen molar-refractivity contribution in [2.75, 3.05) is 43.4 Å². The van der Waals surface area contributed by atoms with Crippen LogP contribution >= 0.6 is 0 Å². The summed E-state index contributed by atoms with van der Waals surface area (Å²) in [5.74, 6) is 0.419. The Bertz CT molecular complexity index is 1650. The van der Waals surface area contributed by atoms with Gasteiger partial charge in [0.1, 0.15) is 5.39 Å². The zero-order chi connectivity index (χ0) is 24.8. The smallest absolute Gasteiger partial charge is 0.283 e. The van der Waals surface area contributed by atoms with E-state index in [1.54, 1.807) is 10.7 Å². The molecule has 3 aromatic heterocycles. The third kappa shape index (κ3) is 3.76. The van der Waals surface area contributed by atoms with Gasteiger partial charge in [-0.3, -0.25) is 9.48 Å². The second-order valence-electron chi connectivity index (χ2n) is 9.54. The van der Waals surface area contributed by atoms with Crippen LogP contribution in [-0.2, 0) is 6.54 Å². The van der Waals surface area contributed by atoms with Gasteiger partial charge in [0.05, 0.1) is 5.52 Å². The van der Waals surface area contributed by atoms with Crippen molar-refractivity contribution >= 4 is 44.9 Å². The van der Waals surface area contributed by atoms with Crippen LogP contribution in [0.1, 0.15) is 18.9 Å². The fourth-order valence-electron chi connectivity index (χ4n) is 5.12. The van der Waals surface area contributed by atoms with Gasteiger partial charge in [-0.25, -0.2) is 9.97 Å². The molecule has 6 rings (SSSR count). The molecular weight excluding hydrogens is 452 g/mol. The molecular formula is C27H30N8O. The summed E-state index contributed by atoms with van der Waals surface area (Å²) in [7, 11) is 2.17. The van der Waals surface area contributed by atoms with Crippen molar-refractivity contribution in [1.82, 2.24) is 29.0 Å². The number of para-hydroxylation sites is 1. The van der Waals surface area contributed by atoms with Crippen LogP contribution in [0.4, 0.5) is 17.3 Å². The van der Waals surface area contributed by atoms with Crippen LogP contribution in [-0.4, -0.2) is 62.3 Å². The number of rotatable bonds is 5. The first kappa shape index (κ1) is 22.5. The van der Waals surface area contributed by atoms with Gasteiger partial charge < -0.3 is 15.1 Å². The monoisotopic (exact) mass is 482 g/mol. The highest BCUT2D eigenvalue weighted by atomic mass is 16.1. The number of aromatic nitrogens is 5. The van der Waals surface area contributed by atoms with Gasteiger partial charge in [-0.2, -0.15) is 9.50 Å². The van der Waals surface area contributed by atoms with E-state index in [1.807, 2.05) is 28.9 Å². The third-order valence-corrected chi connectivity index (χ3v) is 7.00. The van der Waals surface area contributed by atoms with Gasteiger partial charge in [0.2, 0.25) is 5.95 Å². The number of hydrogen-bond acceptors (Lipinski definition) is 7. The predicted molar refractivity (Wildman–Crippen MR) is 145 cm³/mol. The summed E-state index contributed by atoms with van der Waals surface area (Å²) >= 11 is 0. The number of piperazine rings is 1. The molecule has 0 radical (unpaired) electrons. The highest BCUT2D eigenvalue weighted by molar-refractivity contribution is 5.94. The number of aryl methyl sites for hydroxylation is 2. The first-order chi connectivity index (χ1) is 17.5. The lowest BCUT2D eigenvalue weighted by atomic mass is 10.1. The zero-order valence-corrected chi connectivity index (χ0v) is 20.9. The molecule has 5 aromatic rings. The van der Waals surface area contributed by atoms with Crippen molar-refractivity contribution in [1.29, 1.82) is 0 Å². The normalized spacial score (nSPS) is 14.8. The Labute approximate surface area is 209 Å². The molecule has 36 heavy (non-hydrogen) atoms. The largest absolute Gasteiger partial charge is 0.369 e. The lowest BCUT2D eigenvalue weighted by Crippen LogP contribution is -2.44. The van der Waals surface area contributed by atoms with Crippen LogP contribution < -0.4 is 15.8 Å². The SMILES string of the molecule is CCCn1c2ccccc2c2nc3nc(Nc4ccc(N5CCN(C)CC5)c(C)c4)ncc3c(=O)n21. The van der Waals surface area contributed by atoms with Gasteiger partial charge in [0.25, 0.3) is 5.56 Å². The van der Waals surface area contributed by atoms with Crippen LogP contribution in [0.25, 0.3) is 27.6 Å². The first-order valence-electron chi connectivity index (χ1n) is 12.5. The molecule has 0 spiro atoms. The second-order valence-corrected chi connectivity index (χ2v) is 9.54. The fourth-order valence-corrected chi connectivity index (χ4v) is 5.12. The van der Waals surface area contributed by atoms with E-state index in [2.05, 4.69) is 64.2 Å². The van der Waals surface area contributed by atoms with E-state index < -0.39 is 0 Å². The molecule has 9 heteroatoms. The summed E-state index contributed by atoms with van der Waals surface area (Å²) in [6, 6.07) is 14.3. The molecule has 0 saturated carbocycles. The van der Waals surface area contributed by atoms with Gasteiger partial charge in [-0.15, -0.1) is 0 Å². The van der Waals surface area contributed by atoms with E-state index in [0.29, 0.717) is 22.6 Å². The van der Waals surface area contributed by atoms with Crippen molar-refractivity contribution < 1.29 is 0 Å². The van der Waals surface area contributed by atoms with Crippen molar-refractivity contribution in [2.45, 2.75) is 26.8 Å². The zero-order valence-electron chi connectivity index (χ0n) is 20.9. The molecule has 1 saturated heterocycles. The van der Waals surface area contributed by atoms with Crippen molar-refractivity contribution in [3.05, 3.63) is 64.6 Å². The Balaban J connectivity index is 1.37. The molecule has 2 aromatic carbocycles. The maximum atomic E-state index is 13.5. The molecule has 184 valence electrons. The average molecular weight is 483 g/mol. The number of anilines is 3. The van der Waals surface area contributed by atoms with Crippen LogP contribution in [0, 0.1) is 6.92 Å². The molecule has 0 bridgehead atoms. The summed E-state index contributed by atoms with van der Waals surface area (Å²) in [4.78, 5) is 32.1. The maximum absolute atomic E-state index is 13.5. The molecule has 4 heterocycles. The number of fused-ring (bicyclic) bond motifs is 4. The first-order valence-corrected chi connectivity index (χ1v) is 12.5. The van der Waals surface area contributed by atoms with Gasteiger partial charge in [0.15, 0.2) is 11.3 Å². The Hall–Kier alpha value is -3.98. The summed E-state index contributed by atoms with van der Waals surface area (Å²) in [5, 5.41) is 4.64. The topological polar surface area (TPSA) is 83.6 Å². The number of hydrogen-bond donors (Lipinski definition) is 1. The molecule has 9 nitrogen and oxygen atoms in total. The van der Waals surface area contributed by atoms with Crippen LogP contribution in [0.3, 0.4) is 0 Å². The summed E-state index contributed by atoms with van der Waals surface area (Å²) in [6.45, 7) is 9.15. The lowest BCUT2D eigenvalue weighted by molar-refractivity contribution is 0.312. The Morgan fingerprint density at radius 3 is 2.58 bits per heavy atom. The minimum absolute atomic E-state index is 0.154. The van der Waals surface area contributed by atoms with Crippen molar-refractivity contribution in [2.24, 2.45) is 0 Å². The minimum atomic E-state index is -0.154. The summed E-state index contributed by atoms with van der Waals surface area (Å²) < 4.78 is 3.66. The lowest BCUT2D eigenvalue weighted by Gasteiger charge is -2.35. The molecule has 1 N–H and O–H groups in total. The van der Waals surface area contributed by atoms with Crippen LogP contribution in [0.2, 0.25) is 0 Å². The van der Waals surface area contributed by atoms with E-state index in [-0.39, 0.29) is 5.56 Å². The fraction of sp³-hybridized carbons (Fsp3) is 0.333. The van der Waals surface area contributed by atoms with Gasteiger partial charge >= 0.3 is 0 Å². The van der Waals surface area contributed by atoms with Gasteiger partial charge in [0, 0.05) is 55.7 Å². The molecule has 0 atom stereocenters. The number of likely N-dealkylation sites (N-methyl/N-ethyl adjacent to an activating group) is 1. The van der Waals surface area contributed by atoms with Crippen molar-refractivity contribution in [3.63, 3.8) is 0 Å².